The normalized spacial score (nSPS) is 24.6. The van der Waals surface area contributed by atoms with E-state index in [2.05, 4.69) is 20.9 Å². The van der Waals surface area contributed by atoms with Gasteiger partial charge < -0.3 is 15.2 Å². The number of nitrogens with two attached hydrogens (primary N) is 1. The monoisotopic (exact) mass is 286 g/mol. The van der Waals surface area contributed by atoms with Crippen LogP contribution < -0.4 is 10.5 Å². The summed E-state index contributed by atoms with van der Waals surface area (Å²) in [6.07, 6.45) is 5.83. The Morgan fingerprint density at radius 2 is 2.25 bits per heavy atom. The Labute approximate surface area is 103 Å². The predicted molar refractivity (Wildman–Crippen MR) is 64.4 cm³/mol. The van der Waals surface area contributed by atoms with Crippen LogP contribution in [0.4, 0.5) is 0 Å². The molecular weight excluding hydrogens is 272 g/mol. The van der Waals surface area contributed by atoms with Gasteiger partial charge in [0.1, 0.15) is 12.4 Å². The molecular formula is C11H15BrN2O2. The molecule has 0 saturated carbocycles. The minimum Gasteiger partial charge on any atom is -0.489 e. The smallest absolute Gasteiger partial charge is 0.138 e. The number of rotatable bonds is 4. The van der Waals surface area contributed by atoms with Gasteiger partial charge in [0, 0.05) is 17.2 Å². The van der Waals surface area contributed by atoms with E-state index in [1.807, 2.05) is 6.07 Å². The number of pyridine rings is 1. The van der Waals surface area contributed by atoms with Crippen LogP contribution in [0.5, 0.6) is 5.75 Å². The molecule has 2 atom stereocenters. The number of hydrogen-bond acceptors (Lipinski definition) is 4. The first-order chi connectivity index (χ1) is 7.78. The van der Waals surface area contributed by atoms with Gasteiger partial charge in [0.05, 0.1) is 18.4 Å². The van der Waals surface area contributed by atoms with E-state index in [-0.39, 0.29) is 12.2 Å². The zero-order chi connectivity index (χ0) is 11.4. The summed E-state index contributed by atoms with van der Waals surface area (Å²) < 4.78 is 12.2. The van der Waals surface area contributed by atoms with Gasteiger partial charge in [-0.25, -0.2) is 0 Å². The first kappa shape index (κ1) is 11.8. The van der Waals surface area contributed by atoms with E-state index in [1.165, 1.54) is 0 Å². The van der Waals surface area contributed by atoms with Gasteiger partial charge in [0.2, 0.25) is 0 Å². The van der Waals surface area contributed by atoms with Crippen molar-refractivity contribution in [1.82, 2.24) is 4.98 Å². The van der Waals surface area contributed by atoms with Gasteiger partial charge in [-0.05, 0) is 34.8 Å². The van der Waals surface area contributed by atoms with Crippen molar-refractivity contribution in [2.45, 2.75) is 25.0 Å². The van der Waals surface area contributed by atoms with Crippen LogP contribution in [0.15, 0.2) is 22.9 Å². The molecule has 0 aromatic carbocycles. The summed E-state index contributed by atoms with van der Waals surface area (Å²) in [5.74, 6) is 0.758. The van der Waals surface area contributed by atoms with E-state index in [0.717, 1.165) is 23.1 Å². The van der Waals surface area contributed by atoms with Gasteiger partial charge in [0.25, 0.3) is 0 Å². The fraction of sp³-hybridized carbons (Fsp3) is 0.545. The van der Waals surface area contributed by atoms with Crippen molar-refractivity contribution in [3.8, 4) is 5.75 Å². The zero-order valence-corrected chi connectivity index (χ0v) is 10.5. The Kier molecular flexibility index (Phi) is 4.15. The lowest BCUT2D eigenvalue weighted by atomic mass is 10.2. The maximum atomic E-state index is 5.68. The summed E-state index contributed by atoms with van der Waals surface area (Å²) >= 11 is 3.35. The van der Waals surface area contributed by atoms with Crippen molar-refractivity contribution in [3.63, 3.8) is 0 Å². The fourth-order valence-electron chi connectivity index (χ4n) is 1.74. The maximum absolute atomic E-state index is 5.68. The third-order valence-electron chi connectivity index (χ3n) is 2.57. The minimum atomic E-state index is 0.160. The molecule has 2 heterocycles. The molecule has 0 bridgehead atoms. The zero-order valence-electron chi connectivity index (χ0n) is 8.93. The SMILES string of the molecule is NCC1CCC(COc2cncc(Br)c2)O1. The molecule has 1 aliphatic rings. The fourth-order valence-corrected chi connectivity index (χ4v) is 2.08. The molecule has 1 saturated heterocycles. The topological polar surface area (TPSA) is 57.4 Å². The molecule has 0 spiro atoms. The molecule has 0 radical (unpaired) electrons. The largest absolute Gasteiger partial charge is 0.489 e. The predicted octanol–water partition coefficient (Wildman–Crippen LogP) is 1.73. The molecule has 5 heteroatoms. The van der Waals surface area contributed by atoms with Crippen molar-refractivity contribution in [3.05, 3.63) is 22.9 Å². The first-order valence-electron chi connectivity index (χ1n) is 5.37. The van der Waals surface area contributed by atoms with Crippen LogP contribution in [0.25, 0.3) is 0 Å². The third kappa shape index (κ3) is 3.17. The average molecular weight is 287 g/mol. The molecule has 1 aromatic heterocycles. The highest BCUT2D eigenvalue weighted by Gasteiger charge is 2.24. The second-order valence-corrected chi connectivity index (χ2v) is 4.76. The van der Waals surface area contributed by atoms with E-state index in [4.69, 9.17) is 15.2 Å². The standard InChI is InChI=1S/C11H15BrN2O2/c12-8-3-11(6-14-5-8)15-7-10-2-1-9(4-13)16-10/h3,5-6,9-10H,1-2,4,7,13H2. The average Bonchev–Trinajstić information content (AvgIpc) is 2.74. The summed E-state index contributed by atoms with van der Waals surface area (Å²) in [5, 5.41) is 0. The van der Waals surface area contributed by atoms with Gasteiger partial charge in [-0.3, -0.25) is 4.98 Å². The molecule has 0 aliphatic carbocycles. The summed E-state index contributed by atoms with van der Waals surface area (Å²) in [6.45, 7) is 1.16. The van der Waals surface area contributed by atoms with E-state index in [9.17, 15) is 0 Å². The highest BCUT2D eigenvalue weighted by Crippen LogP contribution is 2.21. The van der Waals surface area contributed by atoms with Crippen LogP contribution in [-0.2, 0) is 4.74 Å². The molecule has 2 unspecified atom stereocenters. The van der Waals surface area contributed by atoms with E-state index in [1.54, 1.807) is 12.4 Å². The third-order valence-corrected chi connectivity index (χ3v) is 3.01. The second kappa shape index (κ2) is 5.61. The quantitative estimate of drug-likeness (QED) is 0.916. The Bertz CT molecular complexity index is 349. The lowest BCUT2D eigenvalue weighted by Crippen LogP contribution is -2.23. The summed E-state index contributed by atoms with van der Waals surface area (Å²) in [6, 6.07) is 1.89. The second-order valence-electron chi connectivity index (χ2n) is 3.84. The van der Waals surface area contributed by atoms with Gasteiger partial charge in [-0.1, -0.05) is 0 Å². The molecule has 1 fully saturated rings. The molecule has 1 aliphatic heterocycles. The summed E-state index contributed by atoms with van der Waals surface area (Å²) in [4.78, 5) is 4.03. The molecule has 0 amide bonds. The lowest BCUT2D eigenvalue weighted by Gasteiger charge is -2.13. The van der Waals surface area contributed by atoms with Crippen molar-refractivity contribution in [2.75, 3.05) is 13.2 Å². The van der Waals surface area contributed by atoms with Crippen LogP contribution in [0.1, 0.15) is 12.8 Å². The minimum absolute atomic E-state index is 0.160. The van der Waals surface area contributed by atoms with Crippen LogP contribution >= 0.6 is 15.9 Å². The van der Waals surface area contributed by atoms with Crippen LogP contribution in [0.2, 0.25) is 0 Å². The van der Waals surface area contributed by atoms with Crippen LogP contribution in [0, 0.1) is 0 Å². The molecule has 88 valence electrons. The Balaban J connectivity index is 1.80. The van der Waals surface area contributed by atoms with Crippen molar-refractivity contribution < 1.29 is 9.47 Å². The highest BCUT2D eigenvalue weighted by atomic mass is 79.9. The van der Waals surface area contributed by atoms with E-state index >= 15 is 0 Å². The number of hydrogen-bond donors (Lipinski definition) is 1. The van der Waals surface area contributed by atoms with E-state index in [0.29, 0.717) is 13.2 Å². The maximum Gasteiger partial charge on any atom is 0.138 e. The molecule has 2 N–H and O–H groups in total. The van der Waals surface area contributed by atoms with Crippen molar-refractivity contribution >= 4 is 15.9 Å². The number of aromatic nitrogens is 1. The summed E-state index contributed by atoms with van der Waals surface area (Å²) in [5.41, 5.74) is 5.54. The van der Waals surface area contributed by atoms with Gasteiger partial charge in [-0.2, -0.15) is 0 Å². The Hall–Kier alpha value is -0.650. The van der Waals surface area contributed by atoms with Crippen LogP contribution in [0.3, 0.4) is 0 Å². The molecule has 1 aromatic rings. The Morgan fingerprint density at radius 3 is 2.94 bits per heavy atom. The first-order valence-corrected chi connectivity index (χ1v) is 6.16. The molecule has 4 nitrogen and oxygen atoms in total. The van der Waals surface area contributed by atoms with Gasteiger partial charge in [0.15, 0.2) is 0 Å². The molecule has 2 rings (SSSR count). The van der Waals surface area contributed by atoms with Gasteiger partial charge in [-0.15, -0.1) is 0 Å². The number of nitrogens with zero attached hydrogens (tertiary/aromatic N) is 1. The Morgan fingerprint density at radius 1 is 1.44 bits per heavy atom. The van der Waals surface area contributed by atoms with E-state index < -0.39 is 0 Å². The van der Waals surface area contributed by atoms with Gasteiger partial charge >= 0.3 is 0 Å². The van der Waals surface area contributed by atoms with Crippen molar-refractivity contribution in [1.29, 1.82) is 0 Å². The van der Waals surface area contributed by atoms with Crippen LogP contribution in [-0.4, -0.2) is 30.3 Å². The highest BCUT2D eigenvalue weighted by molar-refractivity contribution is 9.10. The number of halogens is 1. The van der Waals surface area contributed by atoms with Crippen molar-refractivity contribution in [2.24, 2.45) is 5.73 Å². The molecule has 16 heavy (non-hydrogen) atoms. The lowest BCUT2D eigenvalue weighted by molar-refractivity contribution is 0.0221. The summed E-state index contributed by atoms with van der Waals surface area (Å²) in [7, 11) is 0. The number of ether oxygens (including phenoxy) is 2.